The van der Waals surface area contributed by atoms with Crippen molar-refractivity contribution < 1.29 is 0 Å². The standard InChI is InChI=1S/C8H8Cl2N2S/c1-13-8-11-5-6(3-2-4-9)7(10)12-8/h2-3,5H,4H2,1H3. The summed E-state index contributed by atoms with van der Waals surface area (Å²) in [5.41, 5.74) is 0.792. The van der Waals surface area contributed by atoms with Gasteiger partial charge in [-0.2, -0.15) is 0 Å². The van der Waals surface area contributed by atoms with Crippen molar-refractivity contribution in [1.29, 1.82) is 0 Å². The molecule has 0 aliphatic heterocycles. The summed E-state index contributed by atoms with van der Waals surface area (Å²) in [6.45, 7) is 0. The Hall–Kier alpha value is -0.250. The Morgan fingerprint density at radius 2 is 2.38 bits per heavy atom. The van der Waals surface area contributed by atoms with Crippen LogP contribution in [0, 0.1) is 0 Å². The summed E-state index contributed by atoms with van der Waals surface area (Å²) in [7, 11) is 0. The third-order valence-electron chi connectivity index (χ3n) is 1.32. The van der Waals surface area contributed by atoms with Gasteiger partial charge >= 0.3 is 0 Å². The van der Waals surface area contributed by atoms with Gasteiger partial charge < -0.3 is 0 Å². The highest BCUT2D eigenvalue weighted by Crippen LogP contribution is 2.17. The first kappa shape index (κ1) is 10.8. The van der Waals surface area contributed by atoms with Crippen LogP contribution in [0.1, 0.15) is 5.56 Å². The van der Waals surface area contributed by atoms with Gasteiger partial charge in [0.05, 0.1) is 0 Å². The van der Waals surface area contributed by atoms with Crippen molar-refractivity contribution in [3.63, 3.8) is 0 Å². The van der Waals surface area contributed by atoms with Crippen molar-refractivity contribution in [2.24, 2.45) is 0 Å². The van der Waals surface area contributed by atoms with Crippen molar-refractivity contribution in [1.82, 2.24) is 9.97 Å². The molecule has 0 radical (unpaired) electrons. The fraction of sp³-hybridized carbons (Fsp3) is 0.250. The molecule has 0 aliphatic carbocycles. The quantitative estimate of drug-likeness (QED) is 0.348. The maximum atomic E-state index is 5.89. The zero-order valence-corrected chi connectivity index (χ0v) is 9.33. The largest absolute Gasteiger partial charge is 0.230 e. The summed E-state index contributed by atoms with van der Waals surface area (Å²) in [4.78, 5) is 8.15. The summed E-state index contributed by atoms with van der Waals surface area (Å²) in [5.74, 6) is 0.459. The average molecular weight is 235 g/mol. The van der Waals surface area contributed by atoms with Gasteiger partial charge in [0.1, 0.15) is 5.15 Å². The summed E-state index contributed by atoms with van der Waals surface area (Å²) in [5, 5.41) is 1.13. The fourth-order valence-corrected chi connectivity index (χ4v) is 1.41. The molecule has 13 heavy (non-hydrogen) atoms. The van der Waals surface area contributed by atoms with Crippen molar-refractivity contribution in [2.75, 3.05) is 12.1 Å². The van der Waals surface area contributed by atoms with Crippen LogP contribution in [0.3, 0.4) is 0 Å². The van der Waals surface area contributed by atoms with Crippen molar-refractivity contribution in [3.05, 3.63) is 23.0 Å². The number of aromatic nitrogens is 2. The first-order chi connectivity index (χ1) is 6.27. The minimum absolute atomic E-state index is 0.459. The zero-order chi connectivity index (χ0) is 9.68. The second kappa shape index (κ2) is 5.47. The molecule has 0 saturated heterocycles. The van der Waals surface area contributed by atoms with Gasteiger partial charge in [0.25, 0.3) is 0 Å². The molecule has 0 fully saturated rings. The fourth-order valence-electron chi connectivity index (χ4n) is 0.737. The van der Waals surface area contributed by atoms with Gasteiger partial charge in [-0.3, -0.25) is 0 Å². The molecule has 0 amide bonds. The Kier molecular flexibility index (Phi) is 4.56. The second-order valence-corrected chi connectivity index (χ2v) is 3.60. The van der Waals surface area contributed by atoms with E-state index in [1.54, 1.807) is 18.3 Å². The molecule has 0 saturated carbocycles. The highest BCUT2D eigenvalue weighted by molar-refractivity contribution is 7.98. The molecule has 0 aromatic carbocycles. The topological polar surface area (TPSA) is 25.8 Å². The maximum Gasteiger partial charge on any atom is 0.188 e. The molecule has 1 heterocycles. The van der Waals surface area contributed by atoms with Crippen LogP contribution in [0.5, 0.6) is 0 Å². The number of alkyl halides is 1. The molecule has 1 aromatic rings. The number of thioether (sulfide) groups is 1. The molecule has 0 aliphatic rings. The molecule has 0 atom stereocenters. The molecule has 0 bridgehead atoms. The van der Waals surface area contributed by atoms with E-state index in [-0.39, 0.29) is 0 Å². The van der Waals surface area contributed by atoms with E-state index in [4.69, 9.17) is 23.2 Å². The van der Waals surface area contributed by atoms with Gasteiger partial charge in [0.2, 0.25) is 0 Å². The van der Waals surface area contributed by atoms with E-state index in [1.165, 1.54) is 11.8 Å². The number of rotatable bonds is 3. The third-order valence-corrected chi connectivity index (χ3v) is 2.36. The Morgan fingerprint density at radius 3 is 2.92 bits per heavy atom. The number of halogens is 2. The van der Waals surface area contributed by atoms with E-state index in [0.29, 0.717) is 16.2 Å². The minimum Gasteiger partial charge on any atom is -0.230 e. The molecule has 0 spiro atoms. The van der Waals surface area contributed by atoms with Crippen LogP contribution in [0.4, 0.5) is 0 Å². The number of hydrogen-bond donors (Lipinski definition) is 0. The monoisotopic (exact) mass is 234 g/mol. The minimum atomic E-state index is 0.459. The molecule has 70 valence electrons. The van der Waals surface area contributed by atoms with Gasteiger partial charge in [0.15, 0.2) is 5.16 Å². The molecular formula is C8H8Cl2N2S. The van der Waals surface area contributed by atoms with E-state index in [2.05, 4.69) is 9.97 Å². The molecular weight excluding hydrogens is 227 g/mol. The molecule has 0 N–H and O–H groups in total. The normalized spacial score (nSPS) is 11.0. The van der Waals surface area contributed by atoms with Crippen molar-refractivity contribution in [2.45, 2.75) is 5.16 Å². The molecule has 1 rings (SSSR count). The lowest BCUT2D eigenvalue weighted by molar-refractivity contribution is 0.966. The van der Waals surface area contributed by atoms with Crippen LogP contribution in [0.2, 0.25) is 5.15 Å². The maximum absolute atomic E-state index is 5.89. The second-order valence-electron chi connectivity index (χ2n) is 2.16. The summed E-state index contributed by atoms with van der Waals surface area (Å²) >= 11 is 12.8. The van der Waals surface area contributed by atoms with Gasteiger partial charge in [-0.1, -0.05) is 35.5 Å². The van der Waals surface area contributed by atoms with Crippen molar-refractivity contribution in [3.8, 4) is 0 Å². The lowest BCUT2D eigenvalue weighted by Gasteiger charge is -1.98. The predicted octanol–water partition coefficient (Wildman–Crippen LogP) is 3.10. The molecule has 0 unspecified atom stereocenters. The molecule has 1 aromatic heterocycles. The Balaban J connectivity index is 2.91. The summed E-state index contributed by atoms with van der Waals surface area (Å²) in [6.07, 6.45) is 7.19. The van der Waals surface area contributed by atoms with Crippen LogP contribution >= 0.6 is 35.0 Å². The van der Waals surface area contributed by atoms with E-state index in [0.717, 1.165) is 5.56 Å². The lowest BCUT2D eigenvalue weighted by Crippen LogP contribution is -1.88. The van der Waals surface area contributed by atoms with Crippen LogP contribution in [-0.4, -0.2) is 22.1 Å². The Labute approximate surface area is 91.4 Å². The van der Waals surface area contributed by atoms with Crippen LogP contribution in [0.15, 0.2) is 17.4 Å². The van der Waals surface area contributed by atoms with Gasteiger partial charge in [-0.15, -0.1) is 11.6 Å². The molecule has 5 heteroatoms. The van der Waals surface area contributed by atoms with Crippen LogP contribution in [-0.2, 0) is 0 Å². The van der Waals surface area contributed by atoms with E-state index >= 15 is 0 Å². The highest BCUT2D eigenvalue weighted by Gasteiger charge is 2.00. The molecule has 2 nitrogen and oxygen atoms in total. The third kappa shape index (κ3) is 3.18. The van der Waals surface area contributed by atoms with E-state index in [1.807, 2.05) is 6.26 Å². The van der Waals surface area contributed by atoms with E-state index in [9.17, 15) is 0 Å². The number of nitrogens with zero attached hydrogens (tertiary/aromatic N) is 2. The van der Waals surface area contributed by atoms with E-state index < -0.39 is 0 Å². The zero-order valence-electron chi connectivity index (χ0n) is 7.00. The van der Waals surface area contributed by atoms with Gasteiger partial charge in [-0.05, 0) is 6.26 Å². The predicted molar refractivity (Wildman–Crippen MR) is 58.6 cm³/mol. The highest BCUT2D eigenvalue weighted by atomic mass is 35.5. The Morgan fingerprint density at radius 1 is 1.62 bits per heavy atom. The first-order valence-electron chi connectivity index (χ1n) is 3.57. The van der Waals surface area contributed by atoms with Crippen LogP contribution < -0.4 is 0 Å². The summed E-state index contributed by atoms with van der Waals surface area (Å²) in [6, 6.07) is 0. The van der Waals surface area contributed by atoms with Crippen LogP contribution in [0.25, 0.3) is 6.08 Å². The average Bonchev–Trinajstić information content (AvgIpc) is 2.16. The van der Waals surface area contributed by atoms with Gasteiger partial charge in [-0.25, -0.2) is 9.97 Å². The van der Waals surface area contributed by atoms with Gasteiger partial charge in [0, 0.05) is 17.6 Å². The smallest absolute Gasteiger partial charge is 0.188 e. The van der Waals surface area contributed by atoms with Crippen molar-refractivity contribution >= 4 is 41.0 Å². The Bertz CT molecular complexity index is 315. The summed E-state index contributed by atoms with van der Waals surface area (Å²) < 4.78 is 0. The number of hydrogen-bond acceptors (Lipinski definition) is 3. The number of allylic oxidation sites excluding steroid dienone is 1. The SMILES string of the molecule is CSc1ncc(C=CCCl)c(Cl)n1. The first-order valence-corrected chi connectivity index (χ1v) is 5.70. The lowest BCUT2D eigenvalue weighted by atomic mass is 10.3.